The average Bonchev–Trinajstić information content (AvgIpc) is 2.96. The highest BCUT2D eigenvalue weighted by Crippen LogP contribution is 2.19. The Kier molecular flexibility index (Phi) is 6.29. The molecule has 1 aliphatic heterocycles. The molecule has 0 bridgehead atoms. The van der Waals surface area contributed by atoms with E-state index in [4.69, 9.17) is 11.6 Å². The summed E-state index contributed by atoms with van der Waals surface area (Å²) >= 11 is 5.94. The van der Waals surface area contributed by atoms with Crippen LogP contribution in [0.25, 0.3) is 0 Å². The molecule has 3 rings (SSSR count). The number of halogens is 1. The number of aromatic nitrogens is 1. The molecule has 1 aromatic carbocycles. The number of quaternary nitrogens is 1. The van der Waals surface area contributed by atoms with Crippen LogP contribution in [0.2, 0.25) is 5.02 Å². The summed E-state index contributed by atoms with van der Waals surface area (Å²) in [5, 5.41) is 0.403. The van der Waals surface area contributed by atoms with Gasteiger partial charge in [-0.25, -0.2) is 8.42 Å². The molecule has 152 valence electrons. The molecule has 28 heavy (non-hydrogen) atoms. The summed E-state index contributed by atoms with van der Waals surface area (Å²) < 4.78 is 29.2. The van der Waals surface area contributed by atoms with Crippen LogP contribution in [-0.4, -0.2) is 55.8 Å². The van der Waals surface area contributed by atoms with Gasteiger partial charge in [-0.2, -0.15) is 4.31 Å². The third-order valence-electron chi connectivity index (χ3n) is 5.46. The minimum absolute atomic E-state index is 0.119. The molecule has 2 heterocycles. The van der Waals surface area contributed by atoms with Crippen molar-refractivity contribution in [1.82, 2.24) is 8.87 Å². The van der Waals surface area contributed by atoms with Crippen LogP contribution >= 0.6 is 11.6 Å². The highest BCUT2D eigenvalue weighted by atomic mass is 35.5. The highest BCUT2D eigenvalue weighted by Gasteiger charge is 2.31. The van der Waals surface area contributed by atoms with Crippen molar-refractivity contribution in [3.63, 3.8) is 0 Å². The molecule has 0 saturated carbocycles. The van der Waals surface area contributed by atoms with E-state index in [0.29, 0.717) is 37.7 Å². The molecule has 1 N–H and O–H groups in total. The zero-order chi connectivity index (χ0) is 20.5. The largest absolute Gasteiger partial charge is 0.349 e. The molecule has 8 heteroatoms. The van der Waals surface area contributed by atoms with Gasteiger partial charge in [0, 0.05) is 28.5 Å². The lowest BCUT2D eigenvalue weighted by molar-refractivity contribution is -0.895. The standard InChI is InChI=1S/C20H26ClN3O3S/c1-4-24-15(2)12-19(16(24)3)20(25)14-22-8-10-23(11-9-22)28(26,27)18-7-5-6-17(21)13-18/h5-7,12-13H,4,8-11,14H2,1-3H3/p+1. The molecule has 0 atom stereocenters. The first-order valence-electron chi connectivity index (χ1n) is 9.53. The Morgan fingerprint density at radius 3 is 2.43 bits per heavy atom. The Morgan fingerprint density at radius 1 is 1.18 bits per heavy atom. The lowest BCUT2D eigenvalue weighted by Gasteiger charge is -2.31. The van der Waals surface area contributed by atoms with E-state index in [1.807, 2.05) is 19.9 Å². The number of aryl methyl sites for hydroxylation is 1. The Bertz CT molecular complexity index is 977. The molecule has 0 unspecified atom stereocenters. The van der Waals surface area contributed by atoms with Gasteiger partial charge in [0.05, 0.1) is 31.1 Å². The van der Waals surface area contributed by atoms with Crippen molar-refractivity contribution >= 4 is 27.4 Å². The fraction of sp³-hybridized carbons (Fsp3) is 0.450. The van der Waals surface area contributed by atoms with Crippen LogP contribution in [0.15, 0.2) is 35.2 Å². The van der Waals surface area contributed by atoms with E-state index in [1.54, 1.807) is 18.2 Å². The van der Waals surface area contributed by atoms with Gasteiger partial charge >= 0.3 is 0 Å². The van der Waals surface area contributed by atoms with Gasteiger partial charge in [-0.05, 0) is 45.0 Å². The monoisotopic (exact) mass is 424 g/mol. The second kappa shape index (κ2) is 8.37. The summed E-state index contributed by atoms with van der Waals surface area (Å²) in [6, 6.07) is 8.29. The molecule has 0 radical (unpaired) electrons. The van der Waals surface area contributed by atoms with Gasteiger partial charge < -0.3 is 9.47 Å². The van der Waals surface area contributed by atoms with Crippen molar-refractivity contribution in [3.8, 4) is 0 Å². The number of carbonyl (C=O) groups is 1. The number of hydrogen-bond donors (Lipinski definition) is 1. The van der Waals surface area contributed by atoms with E-state index in [2.05, 4.69) is 11.5 Å². The molecule has 1 aliphatic rings. The Hall–Kier alpha value is -1.67. The molecule has 0 spiro atoms. The third kappa shape index (κ3) is 4.17. The van der Waals surface area contributed by atoms with Gasteiger partial charge in [-0.3, -0.25) is 4.79 Å². The Morgan fingerprint density at radius 2 is 1.86 bits per heavy atom. The summed E-state index contributed by atoms with van der Waals surface area (Å²) in [6.45, 7) is 9.30. The number of hydrogen-bond acceptors (Lipinski definition) is 3. The smallest absolute Gasteiger partial charge is 0.243 e. The van der Waals surface area contributed by atoms with Crippen molar-refractivity contribution in [2.24, 2.45) is 0 Å². The van der Waals surface area contributed by atoms with E-state index in [-0.39, 0.29) is 10.7 Å². The number of rotatable bonds is 6. The van der Waals surface area contributed by atoms with Gasteiger partial charge in [0.2, 0.25) is 15.8 Å². The number of nitrogens with zero attached hydrogens (tertiary/aromatic N) is 2. The number of carbonyl (C=O) groups excluding carboxylic acids is 1. The lowest BCUT2D eigenvalue weighted by Crippen LogP contribution is -3.15. The molecule has 0 aliphatic carbocycles. The predicted molar refractivity (Wildman–Crippen MR) is 110 cm³/mol. The van der Waals surface area contributed by atoms with Crippen LogP contribution < -0.4 is 4.90 Å². The Balaban J connectivity index is 1.63. The van der Waals surface area contributed by atoms with E-state index < -0.39 is 10.0 Å². The summed E-state index contributed by atoms with van der Waals surface area (Å²) in [5.74, 6) is 0.119. The first kappa shape index (κ1) is 21.0. The molecular weight excluding hydrogens is 398 g/mol. The second-order valence-corrected chi connectivity index (χ2v) is 9.61. The average molecular weight is 425 g/mol. The lowest BCUT2D eigenvalue weighted by atomic mass is 10.1. The van der Waals surface area contributed by atoms with Crippen molar-refractivity contribution in [2.45, 2.75) is 32.2 Å². The summed E-state index contributed by atoms with van der Waals surface area (Å²) in [6.07, 6.45) is 0. The first-order valence-corrected chi connectivity index (χ1v) is 11.3. The van der Waals surface area contributed by atoms with Crippen LogP contribution in [0.5, 0.6) is 0 Å². The number of sulfonamides is 1. The van der Waals surface area contributed by atoms with Crippen LogP contribution in [-0.2, 0) is 16.6 Å². The van der Waals surface area contributed by atoms with E-state index >= 15 is 0 Å². The summed E-state index contributed by atoms with van der Waals surface area (Å²) in [7, 11) is -3.55. The normalized spacial score (nSPS) is 16.4. The molecular formula is C20H27ClN3O3S+. The van der Waals surface area contributed by atoms with Crippen LogP contribution in [0.4, 0.5) is 0 Å². The van der Waals surface area contributed by atoms with E-state index in [9.17, 15) is 13.2 Å². The number of Topliss-reactive ketones (excluding diaryl/α,β-unsaturated/α-hetero) is 1. The molecule has 6 nitrogen and oxygen atoms in total. The zero-order valence-electron chi connectivity index (χ0n) is 16.5. The maximum absolute atomic E-state index is 12.8. The van der Waals surface area contributed by atoms with Crippen molar-refractivity contribution in [1.29, 1.82) is 0 Å². The number of benzene rings is 1. The molecule has 1 saturated heterocycles. The minimum atomic E-state index is -3.55. The maximum atomic E-state index is 12.8. The summed E-state index contributed by atoms with van der Waals surface area (Å²) in [5.41, 5.74) is 2.88. The van der Waals surface area contributed by atoms with Gasteiger partial charge in [0.25, 0.3) is 0 Å². The number of ketones is 1. The van der Waals surface area contributed by atoms with Gasteiger partial charge in [0.1, 0.15) is 6.54 Å². The van der Waals surface area contributed by atoms with E-state index in [0.717, 1.165) is 28.4 Å². The van der Waals surface area contributed by atoms with Crippen molar-refractivity contribution in [3.05, 3.63) is 52.3 Å². The van der Waals surface area contributed by atoms with E-state index in [1.165, 1.54) is 10.4 Å². The van der Waals surface area contributed by atoms with Crippen molar-refractivity contribution < 1.29 is 18.1 Å². The predicted octanol–water partition coefficient (Wildman–Crippen LogP) is 1.55. The second-order valence-electron chi connectivity index (χ2n) is 7.24. The van der Waals surface area contributed by atoms with Crippen LogP contribution in [0, 0.1) is 13.8 Å². The number of nitrogens with one attached hydrogen (secondary N) is 1. The maximum Gasteiger partial charge on any atom is 0.243 e. The highest BCUT2D eigenvalue weighted by molar-refractivity contribution is 7.89. The van der Waals surface area contributed by atoms with Crippen molar-refractivity contribution in [2.75, 3.05) is 32.7 Å². The third-order valence-corrected chi connectivity index (χ3v) is 7.59. The molecule has 0 amide bonds. The Labute approximate surface area is 171 Å². The quantitative estimate of drug-likeness (QED) is 0.715. The van der Waals surface area contributed by atoms with Crippen LogP contribution in [0.3, 0.4) is 0 Å². The minimum Gasteiger partial charge on any atom is -0.349 e. The summed E-state index contributed by atoms with van der Waals surface area (Å²) in [4.78, 5) is 14.1. The zero-order valence-corrected chi connectivity index (χ0v) is 18.1. The van der Waals surface area contributed by atoms with Crippen LogP contribution in [0.1, 0.15) is 28.7 Å². The fourth-order valence-electron chi connectivity index (χ4n) is 3.89. The number of piperazine rings is 1. The molecule has 2 aromatic rings. The first-order chi connectivity index (χ1) is 13.2. The topological polar surface area (TPSA) is 63.8 Å². The SMILES string of the molecule is CCn1c(C)cc(C(=O)C[NH+]2CCN(S(=O)(=O)c3cccc(Cl)c3)CC2)c1C. The van der Waals surface area contributed by atoms with Gasteiger partial charge in [-0.15, -0.1) is 0 Å². The van der Waals surface area contributed by atoms with Gasteiger partial charge in [-0.1, -0.05) is 17.7 Å². The molecule has 1 aromatic heterocycles. The fourth-order valence-corrected chi connectivity index (χ4v) is 5.63. The molecule has 1 fully saturated rings. The van der Waals surface area contributed by atoms with Gasteiger partial charge in [0.15, 0.2) is 0 Å².